The Morgan fingerprint density at radius 2 is 1.73 bits per heavy atom. The number of fused-ring (bicyclic) bond motifs is 1. The molecule has 0 aliphatic rings. The third-order valence-corrected chi connectivity index (χ3v) is 4.82. The molecule has 0 aliphatic heterocycles. The molecule has 1 aromatic carbocycles. The summed E-state index contributed by atoms with van der Waals surface area (Å²) in [6, 6.07) is 4.09. The Balaban J connectivity index is 0.00000112. The number of rotatable bonds is 2. The molecule has 1 N–H and O–H groups in total. The summed E-state index contributed by atoms with van der Waals surface area (Å²) in [5.74, 6) is 1.62. The number of methoxy groups -OCH3 is 2. The Hall–Kier alpha value is -0.430. The Labute approximate surface area is 104 Å². The van der Waals surface area contributed by atoms with E-state index < -0.39 is 0 Å². The van der Waals surface area contributed by atoms with Gasteiger partial charge in [0.2, 0.25) is 0 Å². The summed E-state index contributed by atoms with van der Waals surface area (Å²) in [7, 11) is 3.33. The maximum Gasteiger partial charge on any atom is -1.00 e. The number of ether oxygens (including phenoxy) is 2. The van der Waals surface area contributed by atoms with Crippen molar-refractivity contribution < 1.29 is 26.9 Å². The van der Waals surface area contributed by atoms with E-state index in [0.29, 0.717) is 0 Å². The van der Waals surface area contributed by atoms with Gasteiger partial charge < -0.3 is 12.4 Å². The van der Waals surface area contributed by atoms with E-state index in [9.17, 15) is 0 Å². The summed E-state index contributed by atoms with van der Waals surface area (Å²) in [6.45, 7) is 2.14. The van der Waals surface area contributed by atoms with Gasteiger partial charge in [-0.25, -0.2) is 0 Å². The van der Waals surface area contributed by atoms with Crippen molar-refractivity contribution in [2.45, 2.75) is 6.92 Å². The molecule has 2 aromatic rings. The van der Waals surface area contributed by atoms with Crippen LogP contribution < -0.4 is 26.9 Å². The second-order valence-corrected chi connectivity index (χ2v) is 6.57. The Morgan fingerprint density at radius 3 is 2.33 bits per heavy atom. The van der Waals surface area contributed by atoms with E-state index in [-0.39, 0.29) is 32.8 Å². The second kappa shape index (κ2) is 5.07. The van der Waals surface area contributed by atoms with Gasteiger partial charge in [0.25, 0.3) is 0 Å². The van der Waals surface area contributed by atoms with Crippen LogP contribution in [0.15, 0.2) is 12.1 Å². The average Bonchev–Trinajstić information content (AvgIpc) is 2.54. The van der Waals surface area contributed by atoms with Gasteiger partial charge in [-0.15, -0.1) is 0 Å². The zero-order valence-electron chi connectivity index (χ0n) is 8.76. The molecule has 0 bridgehead atoms. The average molecular weight is 341 g/mol. The fourth-order valence-electron chi connectivity index (χ4n) is 1.42. The summed E-state index contributed by atoms with van der Waals surface area (Å²) in [6.07, 6.45) is 0. The summed E-state index contributed by atoms with van der Waals surface area (Å²) in [5, 5.41) is 0. The first-order valence-corrected chi connectivity index (χ1v) is 6.62. The van der Waals surface area contributed by atoms with Crippen molar-refractivity contribution >= 4 is 29.3 Å². The molecule has 82 valence electrons. The van der Waals surface area contributed by atoms with Crippen LogP contribution >= 0.6 is 0 Å². The van der Waals surface area contributed by atoms with Crippen LogP contribution in [0.25, 0.3) is 8.92 Å². The number of aryl methyl sites for hydroxylation is 1. The van der Waals surface area contributed by atoms with Crippen LogP contribution in [0, 0.1) is 6.92 Å². The Kier molecular flexibility index (Phi) is 4.27. The van der Waals surface area contributed by atoms with E-state index in [1.807, 2.05) is 6.07 Å². The molecule has 2 rings (SSSR count). The SMILES string of the molecule is COc1cc2[nH+]c(C)[te]c2cc1OC.[Cl-]. The van der Waals surface area contributed by atoms with Crippen LogP contribution in [0.5, 0.6) is 11.5 Å². The van der Waals surface area contributed by atoms with Crippen LogP contribution in [-0.2, 0) is 0 Å². The molecule has 0 fully saturated rings. The van der Waals surface area contributed by atoms with Crippen molar-refractivity contribution in [3.05, 3.63) is 15.8 Å². The molecule has 1 aromatic heterocycles. The van der Waals surface area contributed by atoms with E-state index in [0.717, 1.165) is 11.5 Å². The molecule has 0 saturated carbocycles. The second-order valence-electron chi connectivity index (χ2n) is 2.99. The van der Waals surface area contributed by atoms with Crippen LogP contribution in [0.2, 0.25) is 0 Å². The number of hydrogen-bond acceptors (Lipinski definition) is 2. The van der Waals surface area contributed by atoms with Gasteiger partial charge in [0.15, 0.2) is 0 Å². The fraction of sp³-hybridized carbons (Fsp3) is 0.300. The number of aromatic amines is 1. The topological polar surface area (TPSA) is 32.6 Å². The fourth-order valence-corrected chi connectivity index (χ4v) is 3.92. The molecule has 0 radical (unpaired) electrons. The smallest absolute Gasteiger partial charge is 1.00 e. The van der Waals surface area contributed by atoms with Crippen LogP contribution in [0.1, 0.15) is 3.71 Å². The molecule has 0 spiro atoms. The molecule has 3 nitrogen and oxygen atoms in total. The molecule has 5 heteroatoms. The van der Waals surface area contributed by atoms with Gasteiger partial charge in [0, 0.05) is 0 Å². The third-order valence-electron chi connectivity index (χ3n) is 2.06. The summed E-state index contributed by atoms with van der Waals surface area (Å²) >= 11 is -0.189. The van der Waals surface area contributed by atoms with E-state index in [1.54, 1.807) is 14.2 Å². The number of hydrogen-bond donors (Lipinski definition) is 0. The summed E-state index contributed by atoms with van der Waals surface area (Å²) in [4.78, 5) is 3.36. The first-order valence-electron chi connectivity index (χ1n) is 4.29. The van der Waals surface area contributed by atoms with Gasteiger partial charge in [0.1, 0.15) is 0 Å². The summed E-state index contributed by atoms with van der Waals surface area (Å²) in [5.41, 5.74) is 1.18. The monoisotopic (exact) mass is 343 g/mol. The van der Waals surface area contributed by atoms with Crippen molar-refractivity contribution in [1.82, 2.24) is 0 Å². The molecule has 0 atom stereocenters. The first-order chi connectivity index (χ1) is 6.74. The van der Waals surface area contributed by atoms with Gasteiger partial charge in [-0.2, -0.15) is 0 Å². The van der Waals surface area contributed by atoms with E-state index in [2.05, 4.69) is 18.0 Å². The molecule has 0 amide bonds. The number of H-pyrrole nitrogens is 1. The van der Waals surface area contributed by atoms with E-state index in [4.69, 9.17) is 9.47 Å². The molecule has 0 unspecified atom stereocenters. The molecular formula is C10H12ClNO2Te. The van der Waals surface area contributed by atoms with E-state index in [1.165, 1.54) is 12.6 Å². The first kappa shape index (κ1) is 12.6. The Bertz CT molecular complexity index is 429. The van der Waals surface area contributed by atoms with Crippen LogP contribution in [-0.4, -0.2) is 34.7 Å². The minimum absolute atomic E-state index is 0. The van der Waals surface area contributed by atoms with Crippen molar-refractivity contribution in [3.63, 3.8) is 0 Å². The number of nitrogens with one attached hydrogen (secondary N) is 1. The molecule has 0 aliphatic carbocycles. The van der Waals surface area contributed by atoms with Crippen molar-refractivity contribution in [2.75, 3.05) is 14.2 Å². The minimum Gasteiger partial charge on any atom is -1.00 e. The van der Waals surface area contributed by atoms with Gasteiger partial charge >= 0.3 is 92.3 Å². The minimum atomic E-state index is -0.189. The van der Waals surface area contributed by atoms with Gasteiger partial charge in [-0.1, -0.05) is 0 Å². The molecule has 1 heterocycles. The zero-order valence-corrected chi connectivity index (χ0v) is 11.8. The number of halogens is 1. The Morgan fingerprint density at radius 1 is 1.13 bits per heavy atom. The molecular weight excluding hydrogens is 329 g/mol. The molecule has 0 saturated heterocycles. The molecule has 15 heavy (non-hydrogen) atoms. The van der Waals surface area contributed by atoms with Crippen LogP contribution in [0.4, 0.5) is 0 Å². The number of benzene rings is 1. The van der Waals surface area contributed by atoms with Crippen LogP contribution in [0.3, 0.4) is 0 Å². The summed E-state index contributed by atoms with van der Waals surface area (Å²) < 4.78 is 13.3. The van der Waals surface area contributed by atoms with Crippen molar-refractivity contribution in [3.8, 4) is 11.5 Å². The standard InChI is InChI=1S/C10H11NO2Te.ClH/c1-6-11-7-4-8(12-2)9(13-3)5-10(7)14-6;/h4-5H,1-3H3;1H. The zero-order chi connectivity index (χ0) is 10.1. The quantitative estimate of drug-likeness (QED) is 0.595. The third kappa shape index (κ3) is 2.39. The van der Waals surface area contributed by atoms with Crippen molar-refractivity contribution in [2.24, 2.45) is 0 Å². The normalized spacial score (nSPS) is 9.80. The largest absolute Gasteiger partial charge is 1.00 e. The predicted molar refractivity (Wildman–Crippen MR) is 55.3 cm³/mol. The van der Waals surface area contributed by atoms with Gasteiger partial charge in [0.05, 0.1) is 0 Å². The number of aromatic nitrogens is 1. The maximum absolute atomic E-state index is 5.26. The predicted octanol–water partition coefficient (Wildman–Crippen LogP) is -1.96. The van der Waals surface area contributed by atoms with E-state index >= 15 is 0 Å². The maximum atomic E-state index is 5.26. The van der Waals surface area contributed by atoms with Crippen molar-refractivity contribution in [1.29, 1.82) is 0 Å². The van der Waals surface area contributed by atoms with Gasteiger partial charge in [-0.3, -0.25) is 0 Å². The van der Waals surface area contributed by atoms with Gasteiger partial charge in [-0.05, 0) is 0 Å².